The summed E-state index contributed by atoms with van der Waals surface area (Å²) in [5.41, 5.74) is 3.88. The second-order valence-electron chi connectivity index (χ2n) is 7.77. The fourth-order valence-corrected chi connectivity index (χ4v) is 4.29. The Bertz CT molecular complexity index is 1200. The third-order valence-corrected chi connectivity index (χ3v) is 6.38. The summed E-state index contributed by atoms with van der Waals surface area (Å²) in [5, 5.41) is 2.79. The van der Waals surface area contributed by atoms with Crippen LogP contribution in [0.15, 0.2) is 71.6 Å². The van der Waals surface area contributed by atoms with Gasteiger partial charge in [0.25, 0.3) is 15.9 Å². The first-order chi connectivity index (χ1) is 15.2. The number of aryl methyl sites for hydroxylation is 3. The summed E-state index contributed by atoms with van der Waals surface area (Å²) >= 11 is 0. The molecule has 0 saturated heterocycles. The van der Waals surface area contributed by atoms with Gasteiger partial charge in [-0.1, -0.05) is 31.2 Å². The van der Waals surface area contributed by atoms with Crippen LogP contribution in [-0.2, 0) is 14.8 Å². The number of benzene rings is 3. The molecule has 0 aromatic heterocycles. The molecule has 0 aliphatic heterocycles. The molecule has 3 aromatic rings. The number of carbonyl (C=O) groups is 1. The summed E-state index contributed by atoms with van der Waals surface area (Å²) in [5.74, 6) is 0.337. The fourth-order valence-electron chi connectivity index (χ4n) is 3.16. The third-order valence-electron chi connectivity index (χ3n) is 5.00. The van der Waals surface area contributed by atoms with E-state index in [2.05, 4.69) is 10.0 Å². The van der Waals surface area contributed by atoms with Gasteiger partial charge in [-0.3, -0.25) is 9.52 Å². The molecule has 0 unspecified atom stereocenters. The Morgan fingerprint density at radius 1 is 0.938 bits per heavy atom. The molecule has 1 atom stereocenters. The molecule has 0 bridgehead atoms. The molecular formula is C25H28N2O4S. The summed E-state index contributed by atoms with van der Waals surface area (Å²) in [6.45, 7) is 7.58. The number of amides is 1. The molecule has 0 saturated carbocycles. The van der Waals surface area contributed by atoms with E-state index in [9.17, 15) is 13.2 Å². The smallest absolute Gasteiger partial charge is 0.265 e. The van der Waals surface area contributed by atoms with E-state index >= 15 is 0 Å². The Balaban J connectivity index is 1.69. The van der Waals surface area contributed by atoms with Crippen molar-refractivity contribution >= 4 is 27.3 Å². The third kappa shape index (κ3) is 5.88. The largest absolute Gasteiger partial charge is 0.481 e. The predicted octanol–water partition coefficient (Wildman–Crippen LogP) is 5.21. The molecule has 32 heavy (non-hydrogen) atoms. The minimum absolute atomic E-state index is 0.111. The van der Waals surface area contributed by atoms with Gasteiger partial charge in [-0.25, -0.2) is 8.42 Å². The van der Waals surface area contributed by atoms with E-state index in [1.54, 1.807) is 18.2 Å². The molecule has 3 rings (SSSR count). The van der Waals surface area contributed by atoms with Crippen LogP contribution in [0, 0.1) is 20.8 Å². The van der Waals surface area contributed by atoms with Gasteiger partial charge >= 0.3 is 0 Å². The van der Waals surface area contributed by atoms with Gasteiger partial charge in [0.05, 0.1) is 10.6 Å². The molecule has 7 heteroatoms. The number of hydrogen-bond acceptors (Lipinski definition) is 4. The van der Waals surface area contributed by atoms with Crippen LogP contribution in [0.25, 0.3) is 0 Å². The van der Waals surface area contributed by atoms with Crippen LogP contribution in [0.2, 0.25) is 0 Å². The zero-order valence-corrected chi connectivity index (χ0v) is 19.5. The summed E-state index contributed by atoms with van der Waals surface area (Å²) in [6.07, 6.45) is -0.169. The number of rotatable bonds is 8. The van der Waals surface area contributed by atoms with E-state index in [0.29, 0.717) is 23.5 Å². The Labute approximate surface area is 189 Å². The van der Waals surface area contributed by atoms with Crippen LogP contribution in [0.5, 0.6) is 5.75 Å². The summed E-state index contributed by atoms with van der Waals surface area (Å²) in [6, 6.07) is 19.2. The van der Waals surface area contributed by atoms with Crippen molar-refractivity contribution in [1.82, 2.24) is 0 Å². The average molecular weight is 453 g/mol. The average Bonchev–Trinajstić information content (AvgIpc) is 2.75. The van der Waals surface area contributed by atoms with Gasteiger partial charge in [0.1, 0.15) is 5.75 Å². The van der Waals surface area contributed by atoms with Crippen molar-refractivity contribution in [1.29, 1.82) is 0 Å². The van der Waals surface area contributed by atoms with Crippen molar-refractivity contribution in [3.63, 3.8) is 0 Å². The number of carbonyl (C=O) groups excluding carboxylic acids is 1. The molecule has 0 spiro atoms. The maximum atomic E-state index is 12.8. The highest BCUT2D eigenvalue weighted by Crippen LogP contribution is 2.22. The number of nitrogens with one attached hydrogen (secondary N) is 2. The Hall–Kier alpha value is -3.32. The quantitative estimate of drug-likeness (QED) is 0.491. The molecule has 0 aliphatic carbocycles. The molecule has 6 nitrogen and oxygen atoms in total. The molecule has 3 aromatic carbocycles. The molecule has 0 heterocycles. The molecule has 2 N–H and O–H groups in total. The second kappa shape index (κ2) is 9.87. The first-order valence-electron chi connectivity index (χ1n) is 10.4. The maximum absolute atomic E-state index is 12.8. The van der Waals surface area contributed by atoms with Crippen LogP contribution in [0.1, 0.15) is 30.0 Å². The highest BCUT2D eigenvalue weighted by Gasteiger charge is 2.20. The highest BCUT2D eigenvalue weighted by molar-refractivity contribution is 7.92. The standard InChI is InChI=1S/C25H28N2O4S/c1-5-24(31-21-8-6-7-17(2)15-21)25(28)26-20-11-13-22(14-12-20)32(29,30)27-23-16-18(3)9-10-19(23)4/h6-16,24,27H,5H2,1-4H3,(H,26,28)/t24-/m1/s1. The topological polar surface area (TPSA) is 84.5 Å². The van der Waals surface area contributed by atoms with E-state index in [1.807, 2.05) is 64.1 Å². The molecule has 0 aliphatic rings. The van der Waals surface area contributed by atoms with E-state index in [1.165, 1.54) is 12.1 Å². The first kappa shape index (κ1) is 23.3. The van der Waals surface area contributed by atoms with Crippen LogP contribution < -0.4 is 14.8 Å². The lowest BCUT2D eigenvalue weighted by Gasteiger charge is -2.18. The highest BCUT2D eigenvalue weighted by atomic mass is 32.2. The van der Waals surface area contributed by atoms with Crippen molar-refractivity contribution < 1.29 is 17.9 Å². The number of hydrogen-bond donors (Lipinski definition) is 2. The zero-order chi connectivity index (χ0) is 23.3. The van der Waals surface area contributed by atoms with Gasteiger partial charge in [0.15, 0.2) is 6.10 Å². The number of ether oxygens (including phenoxy) is 1. The molecular weight excluding hydrogens is 424 g/mol. The molecule has 0 fully saturated rings. The molecule has 0 radical (unpaired) electrons. The lowest BCUT2D eigenvalue weighted by molar-refractivity contribution is -0.122. The van der Waals surface area contributed by atoms with Gasteiger partial charge in [0, 0.05) is 5.69 Å². The number of anilines is 2. The summed E-state index contributed by atoms with van der Waals surface area (Å²) in [4.78, 5) is 12.8. The van der Waals surface area contributed by atoms with E-state index in [4.69, 9.17) is 4.74 Å². The molecule has 168 valence electrons. The predicted molar refractivity (Wildman–Crippen MR) is 128 cm³/mol. The monoisotopic (exact) mass is 452 g/mol. The van der Waals surface area contributed by atoms with Crippen molar-refractivity contribution in [2.75, 3.05) is 10.0 Å². The van der Waals surface area contributed by atoms with Gasteiger partial charge in [-0.05, 0) is 86.3 Å². The van der Waals surface area contributed by atoms with Gasteiger partial charge in [-0.15, -0.1) is 0 Å². The fraction of sp³-hybridized carbons (Fsp3) is 0.240. The van der Waals surface area contributed by atoms with Crippen molar-refractivity contribution in [2.24, 2.45) is 0 Å². The van der Waals surface area contributed by atoms with E-state index in [-0.39, 0.29) is 10.8 Å². The first-order valence-corrected chi connectivity index (χ1v) is 11.9. The normalized spacial score (nSPS) is 12.1. The van der Waals surface area contributed by atoms with E-state index in [0.717, 1.165) is 16.7 Å². The van der Waals surface area contributed by atoms with Crippen LogP contribution >= 0.6 is 0 Å². The zero-order valence-electron chi connectivity index (χ0n) is 18.7. The van der Waals surface area contributed by atoms with Crippen LogP contribution in [-0.4, -0.2) is 20.4 Å². The van der Waals surface area contributed by atoms with Gasteiger partial charge in [-0.2, -0.15) is 0 Å². The Kier molecular flexibility index (Phi) is 7.20. The van der Waals surface area contributed by atoms with Crippen LogP contribution in [0.3, 0.4) is 0 Å². The minimum atomic E-state index is -3.75. The SMILES string of the molecule is CC[C@@H](Oc1cccc(C)c1)C(=O)Nc1ccc(S(=O)(=O)Nc2cc(C)ccc2C)cc1. The Morgan fingerprint density at radius 2 is 1.62 bits per heavy atom. The number of sulfonamides is 1. The second-order valence-corrected chi connectivity index (χ2v) is 9.45. The molecule has 1 amide bonds. The minimum Gasteiger partial charge on any atom is -0.481 e. The maximum Gasteiger partial charge on any atom is 0.265 e. The van der Waals surface area contributed by atoms with Crippen molar-refractivity contribution in [3.05, 3.63) is 83.4 Å². The van der Waals surface area contributed by atoms with Crippen LogP contribution in [0.4, 0.5) is 11.4 Å². The summed E-state index contributed by atoms with van der Waals surface area (Å²) < 4.78 is 34.0. The Morgan fingerprint density at radius 3 is 2.28 bits per heavy atom. The van der Waals surface area contributed by atoms with Gasteiger partial charge < -0.3 is 10.1 Å². The lowest BCUT2D eigenvalue weighted by atomic mass is 10.1. The van der Waals surface area contributed by atoms with Gasteiger partial charge in [0.2, 0.25) is 0 Å². The van der Waals surface area contributed by atoms with Crippen molar-refractivity contribution in [3.8, 4) is 5.75 Å². The summed E-state index contributed by atoms with van der Waals surface area (Å²) in [7, 11) is -3.75. The lowest BCUT2D eigenvalue weighted by Crippen LogP contribution is -2.32. The van der Waals surface area contributed by atoms with Crippen molar-refractivity contribution in [2.45, 2.75) is 45.1 Å². The van der Waals surface area contributed by atoms with E-state index < -0.39 is 16.1 Å².